The molecule has 1 amide bonds. The van der Waals surface area contributed by atoms with Crippen LogP contribution in [0.4, 0.5) is 26.3 Å². The maximum atomic E-state index is 13.4. The van der Waals surface area contributed by atoms with Crippen LogP contribution in [0.15, 0.2) is 41.2 Å². The van der Waals surface area contributed by atoms with Crippen LogP contribution in [0.2, 0.25) is 10.0 Å². The van der Waals surface area contributed by atoms with Crippen molar-refractivity contribution in [3.63, 3.8) is 0 Å². The Bertz CT molecular complexity index is 1460. The number of nitrogens with zero attached hydrogens (tertiary/aromatic N) is 2. The van der Waals surface area contributed by atoms with E-state index in [1.54, 1.807) is 20.8 Å². The predicted octanol–water partition coefficient (Wildman–Crippen LogP) is 7.37. The molecule has 2 aromatic carbocycles. The first-order valence-electron chi connectivity index (χ1n) is 11.9. The number of halogens is 8. The van der Waals surface area contributed by atoms with Crippen LogP contribution in [0.3, 0.4) is 0 Å². The van der Waals surface area contributed by atoms with Crippen LogP contribution in [-0.4, -0.2) is 39.5 Å². The topological polar surface area (TPSA) is 75.2 Å². The molecule has 1 N–H and O–H groups in total. The van der Waals surface area contributed by atoms with Crippen molar-refractivity contribution in [3.05, 3.63) is 84.7 Å². The van der Waals surface area contributed by atoms with Crippen LogP contribution in [-0.2, 0) is 12.4 Å². The largest absolute Gasteiger partial charge is 0.416 e. The second-order valence-electron chi connectivity index (χ2n) is 9.24. The lowest BCUT2D eigenvalue weighted by molar-refractivity contribution is -0.143. The van der Waals surface area contributed by atoms with Gasteiger partial charge in [0, 0.05) is 12.1 Å². The summed E-state index contributed by atoms with van der Waals surface area (Å²) < 4.78 is 81.0. The Labute approximate surface area is 234 Å². The maximum absolute atomic E-state index is 13.4. The number of aromatic nitrogens is 2. The number of carbonyl (C=O) groups excluding carboxylic acids is 2. The summed E-state index contributed by atoms with van der Waals surface area (Å²) in [4.78, 5) is 40.7. The summed E-state index contributed by atoms with van der Waals surface area (Å²) in [7, 11) is 0. The van der Waals surface area contributed by atoms with E-state index in [0.717, 1.165) is 9.58 Å². The van der Waals surface area contributed by atoms with Crippen LogP contribution in [0.5, 0.6) is 0 Å². The minimum Gasteiger partial charge on any atom is -0.331 e. The second kappa shape index (κ2) is 11.7. The zero-order chi connectivity index (χ0) is 30.2. The highest BCUT2D eigenvalue weighted by Gasteiger charge is 2.38. The SMILES string of the molecule is CCCN(CC(=O)c1c(C(C)C)[nH]n(-c2ccc(Cl)c(Cl)c2)c1=O)C(=O)c1cc(C(F)(F)F)cc(C(F)(F)F)c1. The molecule has 0 atom stereocenters. The molecule has 0 saturated heterocycles. The molecule has 0 radical (unpaired) electrons. The van der Waals surface area contributed by atoms with Gasteiger partial charge in [0.2, 0.25) is 0 Å². The smallest absolute Gasteiger partial charge is 0.331 e. The van der Waals surface area contributed by atoms with Gasteiger partial charge >= 0.3 is 12.4 Å². The summed E-state index contributed by atoms with van der Waals surface area (Å²) in [6, 6.07) is 4.82. The van der Waals surface area contributed by atoms with E-state index < -0.39 is 52.8 Å². The summed E-state index contributed by atoms with van der Waals surface area (Å²) >= 11 is 12.0. The van der Waals surface area contributed by atoms with Gasteiger partial charge in [-0.2, -0.15) is 26.3 Å². The molecule has 0 unspecified atom stereocenters. The lowest BCUT2D eigenvalue weighted by Crippen LogP contribution is -2.38. The Morgan fingerprint density at radius 3 is 2.00 bits per heavy atom. The van der Waals surface area contributed by atoms with Gasteiger partial charge in [0.25, 0.3) is 11.5 Å². The number of Topliss-reactive ketones (excluding diaryl/α,β-unsaturated/α-hetero) is 1. The molecule has 0 saturated carbocycles. The Balaban J connectivity index is 2.05. The number of benzene rings is 2. The summed E-state index contributed by atoms with van der Waals surface area (Å²) in [6.07, 6.45) is -10.1. The van der Waals surface area contributed by atoms with Crippen LogP contribution in [0.25, 0.3) is 5.69 Å². The Kier molecular flexibility index (Phi) is 9.15. The number of H-pyrrole nitrogens is 1. The molecule has 0 fully saturated rings. The monoisotopic (exact) mass is 609 g/mol. The molecule has 14 heteroatoms. The average Bonchev–Trinajstić information content (AvgIpc) is 3.21. The van der Waals surface area contributed by atoms with Gasteiger partial charge in [0.1, 0.15) is 5.56 Å². The molecular formula is C26H23Cl2F6N3O3. The lowest BCUT2D eigenvalue weighted by atomic mass is 10.0. The van der Waals surface area contributed by atoms with Gasteiger partial charge in [-0.05, 0) is 48.7 Å². The predicted molar refractivity (Wildman–Crippen MR) is 137 cm³/mol. The molecule has 3 rings (SSSR count). The molecule has 6 nitrogen and oxygen atoms in total. The van der Waals surface area contributed by atoms with Gasteiger partial charge in [-0.15, -0.1) is 0 Å². The minimum absolute atomic E-state index is 0.0910. The standard InChI is InChI=1S/C26H23Cl2F6N3O3/c1-4-7-36(23(39)14-8-15(25(29,30)31)10-16(9-14)26(32,33)34)12-20(38)21-22(13(2)3)35-37(24(21)40)17-5-6-18(27)19(28)11-17/h5-6,8-11,13,35H,4,7,12H2,1-3H3. The molecule has 0 aliphatic heterocycles. The van der Waals surface area contributed by atoms with Crippen molar-refractivity contribution in [1.82, 2.24) is 14.7 Å². The minimum atomic E-state index is -5.16. The van der Waals surface area contributed by atoms with Crippen molar-refractivity contribution >= 4 is 34.9 Å². The third-order valence-electron chi connectivity index (χ3n) is 5.89. The molecule has 216 valence electrons. The number of alkyl halides is 6. The van der Waals surface area contributed by atoms with Crippen molar-refractivity contribution in [2.75, 3.05) is 13.1 Å². The number of aromatic amines is 1. The fourth-order valence-electron chi connectivity index (χ4n) is 3.98. The van der Waals surface area contributed by atoms with Crippen molar-refractivity contribution in [3.8, 4) is 5.69 Å². The third kappa shape index (κ3) is 6.72. The zero-order valence-corrected chi connectivity index (χ0v) is 22.8. The van der Waals surface area contributed by atoms with Crippen LogP contribution in [0.1, 0.15) is 70.6 Å². The van der Waals surface area contributed by atoms with Crippen molar-refractivity contribution in [2.24, 2.45) is 0 Å². The van der Waals surface area contributed by atoms with Crippen LogP contribution < -0.4 is 5.56 Å². The first kappa shape index (κ1) is 31.3. The van der Waals surface area contributed by atoms with Gasteiger partial charge in [0.15, 0.2) is 5.78 Å². The van der Waals surface area contributed by atoms with Crippen LogP contribution >= 0.6 is 23.2 Å². The van der Waals surface area contributed by atoms with Crippen molar-refractivity contribution < 1.29 is 35.9 Å². The molecule has 0 spiro atoms. The number of carbonyl (C=O) groups is 2. The van der Waals surface area contributed by atoms with E-state index in [9.17, 15) is 40.7 Å². The van der Waals surface area contributed by atoms with Gasteiger partial charge < -0.3 is 4.90 Å². The summed E-state index contributed by atoms with van der Waals surface area (Å²) in [5.41, 5.74) is -4.84. The highest BCUT2D eigenvalue weighted by atomic mass is 35.5. The number of amides is 1. The van der Waals surface area contributed by atoms with E-state index in [0.29, 0.717) is 12.1 Å². The van der Waals surface area contributed by atoms with E-state index in [-0.39, 0.29) is 51.9 Å². The molecule has 40 heavy (non-hydrogen) atoms. The Hall–Kier alpha value is -3.25. The van der Waals surface area contributed by atoms with E-state index in [4.69, 9.17) is 23.2 Å². The van der Waals surface area contributed by atoms with Gasteiger partial charge in [-0.25, -0.2) is 4.68 Å². The number of ketones is 1. The first-order chi connectivity index (χ1) is 18.4. The average molecular weight is 610 g/mol. The molecule has 0 aliphatic rings. The molecule has 0 aliphatic carbocycles. The fraction of sp³-hybridized carbons (Fsp3) is 0.346. The van der Waals surface area contributed by atoms with E-state index in [1.807, 2.05) is 0 Å². The van der Waals surface area contributed by atoms with E-state index >= 15 is 0 Å². The second-order valence-corrected chi connectivity index (χ2v) is 10.1. The normalized spacial score (nSPS) is 12.2. The van der Waals surface area contributed by atoms with Gasteiger partial charge in [-0.3, -0.25) is 19.5 Å². The maximum Gasteiger partial charge on any atom is 0.416 e. The summed E-state index contributed by atoms with van der Waals surface area (Å²) in [5.74, 6) is -2.46. The third-order valence-corrected chi connectivity index (χ3v) is 6.62. The first-order valence-corrected chi connectivity index (χ1v) is 12.6. The van der Waals surface area contributed by atoms with Crippen molar-refractivity contribution in [1.29, 1.82) is 0 Å². The number of nitrogens with one attached hydrogen (secondary N) is 1. The molecule has 1 aromatic heterocycles. The van der Waals surface area contributed by atoms with Gasteiger partial charge in [0.05, 0.1) is 39.1 Å². The number of hydrogen-bond acceptors (Lipinski definition) is 3. The molecular weight excluding hydrogens is 587 g/mol. The van der Waals surface area contributed by atoms with Crippen molar-refractivity contribution in [2.45, 2.75) is 45.5 Å². The Morgan fingerprint density at radius 1 is 0.950 bits per heavy atom. The summed E-state index contributed by atoms with van der Waals surface area (Å²) in [6.45, 7) is 4.04. The number of rotatable bonds is 8. The molecule has 0 bridgehead atoms. The van der Waals surface area contributed by atoms with Gasteiger partial charge in [-0.1, -0.05) is 44.0 Å². The lowest BCUT2D eigenvalue weighted by Gasteiger charge is -2.23. The molecule has 1 heterocycles. The zero-order valence-electron chi connectivity index (χ0n) is 21.3. The highest BCUT2D eigenvalue weighted by Crippen LogP contribution is 2.36. The van der Waals surface area contributed by atoms with E-state index in [2.05, 4.69) is 5.10 Å². The van der Waals surface area contributed by atoms with E-state index in [1.165, 1.54) is 18.2 Å². The Morgan fingerprint density at radius 2 is 1.52 bits per heavy atom. The molecule has 3 aromatic rings. The fourth-order valence-corrected chi connectivity index (χ4v) is 4.28. The quantitative estimate of drug-likeness (QED) is 0.214. The summed E-state index contributed by atoms with van der Waals surface area (Å²) in [5, 5.41) is 3.20. The van der Waals surface area contributed by atoms with Crippen LogP contribution in [0, 0.1) is 0 Å². The highest BCUT2D eigenvalue weighted by molar-refractivity contribution is 6.42. The number of hydrogen-bond donors (Lipinski definition) is 1.